The highest BCUT2D eigenvalue weighted by molar-refractivity contribution is 6.07. The van der Waals surface area contributed by atoms with Gasteiger partial charge < -0.3 is 4.90 Å². The molecule has 0 atom stereocenters. The van der Waals surface area contributed by atoms with E-state index in [4.69, 9.17) is 4.98 Å². The maximum Gasteiger partial charge on any atom is 0.254 e. The predicted octanol–water partition coefficient (Wildman–Crippen LogP) is 3.85. The Bertz CT molecular complexity index is 925. The average molecular weight is 348 g/mol. The van der Waals surface area contributed by atoms with E-state index in [1.807, 2.05) is 42.2 Å². The number of hydrogen-bond donors (Lipinski definition) is 1. The van der Waals surface area contributed by atoms with Crippen molar-refractivity contribution in [1.82, 2.24) is 20.1 Å². The van der Waals surface area contributed by atoms with E-state index in [9.17, 15) is 4.79 Å². The molecular formula is C21H24N4O. The van der Waals surface area contributed by atoms with E-state index in [-0.39, 0.29) is 5.91 Å². The van der Waals surface area contributed by atoms with Gasteiger partial charge >= 0.3 is 0 Å². The van der Waals surface area contributed by atoms with Gasteiger partial charge in [0.25, 0.3) is 5.91 Å². The summed E-state index contributed by atoms with van der Waals surface area (Å²) >= 11 is 0. The Morgan fingerprint density at radius 2 is 2.00 bits per heavy atom. The minimum absolute atomic E-state index is 0.138. The number of H-pyrrole nitrogens is 1. The molecule has 5 nitrogen and oxygen atoms in total. The van der Waals surface area contributed by atoms with Gasteiger partial charge in [-0.2, -0.15) is 5.10 Å². The Hall–Kier alpha value is -2.69. The molecule has 3 heterocycles. The Balaban J connectivity index is 1.63. The number of nitrogens with one attached hydrogen (secondary N) is 1. The van der Waals surface area contributed by atoms with Crippen LogP contribution in [0.4, 0.5) is 0 Å². The van der Waals surface area contributed by atoms with Crippen LogP contribution in [0.1, 0.15) is 53.0 Å². The Labute approximate surface area is 153 Å². The van der Waals surface area contributed by atoms with Crippen LogP contribution in [-0.4, -0.2) is 39.1 Å². The van der Waals surface area contributed by atoms with Gasteiger partial charge in [0.1, 0.15) is 0 Å². The monoisotopic (exact) mass is 348 g/mol. The Morgan fingerprint density at radius 1 is 1.23 bits per heavy atom. The SMILES string of the molecule is CCc1nc2ccccc2c(C(=O)N2CCC(c3ccn[nH]3)CC2)c1C. The van der Waals surface area contributed by atoms with E-state index in [0.29, 0.717) is 5.92 Å². The molecule has 0 spiro atoms. The molecular weight excluding hydrogens is 324 g/mol. The molecule has 1 amide bonds. The summed E-state index contributed by atoms with van der Waals surface area (Å²) in [6.07, 6.45) is 4.57. The zero-order chi connectivity index (χ0) is 18.1. The molecule has 4 rings (SSSR count). The van der Waals surface area contributed by atoms with Crippen LogP contribution in [0, 0.1) is 6.92 Å². The van der Waals surface area contributed by atoms with Gasteiger partial charge in [-0.25, -0.2) is 0 Å². The van der Waals surface area contributed by atoms with Gasteiger partial charge in [-0.1, -0.05) is 25.1 Å². The van der Waals surface area contributed by atoms with Crippen molar-refractivity contribution in [3.8, 4) is 0 Å². The molecule has 134 valence electrons. The Morgan fingerprint density at radius 3 is 2.69 bits per heavy atom. The number of carbonyl (C=O) groups excluding carboxylic acids is 1. The van der Waals surface area contributed by atoms with Crippen LogP contribution in [0.5, 0.6) is 0 Å². The van der Waals surface area contributed by atoms with Crippen molar-refractivity contribution in [3.05, 3.63) is 59.0 Å². The third-order valence-electron chi connectivity index (χ3n) is 5.53. The van der Waals surface area contributed by atoms with Crippen molar-refractivity contribution in [3.63, 3.8) is 0 Å². The minimum atomic E-state index is 0.138. The molecule has 0 saturated carbocycles. The van der Waals surface area contributed by atoms with E-state index < -0.39 is 0 Å². The largest absolute Gasteiger partial charge is 0.339 e. The highest BCUT2D eigenvalue weighted by Crippen LogP contribution is 2.30. The lowest BCUT2D eigenvalue weighted by atomic mass is 9.92. The summed E-state index contributed by atoms with van der Waals surface area (Å²) in [5.74, 6) is 0.599. The molecule has 1 fully saturated rings. The van der Waals surface area contributed by atoms with Crippen LogP contribution in [0.2, 0.25) is 0 Å². The van der Waals surface area contributed by atoms with E-state index in [2.05, 4.69) is 17.1 Å². The maximum absolute atomic E-state index is 13.4. The van der Waals surface area contributed by atoms with Crippen LogP contribution in [0.25, 0.3) is 10.9 Å². The highest BCUT2D eigenvalue weighted by atomic mass is 16.2. The molecule has 0 radical (unpaired) electrons. The summed E-state index contributed by atoms with van der Waals surface area (Å²) in [5, 5.41) is 8.08. The number of fused-ring (bicyclic) bond motifs is 1. The van der Waals surface area contributed by atoms with Gasteiger partial charge in [-0.3, -0.25) is 14.9 Å². The molecule has 1 N–H and O–H groups in total. The number of aromatic amines is 1. The number of aromatic nitrogens is 3. The van der Waals surface area contributed by atoms with Gasteiger partial charge in [0.2, 0.25) is 0 Å². The summed E-state index contributed by atoms with van der Waals surface area (Å²) in [6.45, 7) is 5.68. The number of hydrogen-bond acceptors (Lipinski definition) is 3. The number of benzene rings is 1. The fourth-order valence-corrected chi connectivity index (χ4v) is 4.02. The van der Waals surface area contributed by atoms with Crippen molar-refractivity contribution in [2.75, 3.05) is 13.1 Å². The van der Waals surface area contributed by atoms with Crippen molar-refractivity contribution >= 4 is 16.8 Å². The molecule has 1 aromatic carbocycles. The van der Waals surface area contributed by atoms with Gasteiger partial charge in [-0.15, -0.1) is 0 Å². The molecule has 5 heteroatoms. The lowest BCUT2D eigenvalue weighted by Crippen LogP contribution is -2.38. The second-order valence-electron chi connectivity index (χ2n) is 7.01. The van der Waals surface area contributed by atoms with Gasteiger partial charge in [-0.05, 0) is 43.9 Å². The van der Waals surface area contributed by atoms with Crippen LogP contribution < -0.4 is 0 Å². The zero-order valence-electron chi connectivity index (χ0n) is 15.3. The molecule has 3 aromatic rings. The average Bonchev–Trinajstić information content (AvgIpc) is 3.22. The minimum Gasteiger partial charge on any atom is -0.339 e. The quantitative estimate of drug-likeness (QED) is 0.782. The number of piperidine rings is 1. The second-order valence-corrected chi connectivity index (χ2v) is 7.01. The Kier molecular flexibility index (Phi) is 4.45. The first-order chi connectivity index (χ1) is 12.7. The maximum atomic E-state index is 13.4. The number of carbonyl (C=O) groups is 1. The summed E-state index contributed by atoms with van der Waals surface area (Å²) in [6, 6.07) is 10.0. The molecule has 2 aromatic heterocycles. The summed E-state index contributed by atoms with van der Waals surface area (Å²) in [5.41, 5.74) is 4.94. The number of nitrogens with zero attached hydrogens (tertiary/aromatic N) is 3. The van der Waals surface area contributed by atoms with E-state index in [1.54, 1.807) is 6.20 Å². The normalized spacial score (nSPS) is 15.5. The van der Waals surface area contributed by atoms with Crippen molar-refractivity contribution in [1.29, 1.82) is 0 Å². The number of likely N-dealkylation sites (tertiary alicyclic amines) is 1. The summed E-state index contributed by atoms with van der Waals surface area (Å²) in [7, 11) is 0. The number of rotatable bonds is 3. The van der Waals surface area contributed by atoms with Crippen molar-refractivity contribution < 1.29 is 4.79 Å². The van der Waals surface area contributed by atoms with Gasteiger partial charge in [0, 0.05) is 42.0 Å². The molecule has 1 aliphatic rings. The van der Waals surface area contributed by atoms with Crippen LogP contribution in [0.3, 0.4) is 0 Å². The standard InChI is InChI=1S/C21H24N4O/c1-3-17-14(2)20(16-6-4-5-7-19(16)23-17)21(26)25-12-9-15(10-13-25)18-8-11-22-24-18/h4-8,11,15H,3,9-10,12-13H2,1-2H3,(H,22,24). The zero-order valence-corrected chi connectivity index (χ0v) is 15.3. The molecule has 0 bridgehead atoms. The topological polar surface area (TPSA) is 61.9 Å². The number of para-hydroxylation sites is 1. The van der Waals surface area contributed by atoms with E-state index in [0.717, 1.165) is 60.1 Å². The fraction of sp³-hybridized carbons (Fsp3) is 0.381. The molecule has 0 aliphatic carbocycles. The highest BCUT2D eigenvalue weighted by Gasteiger charge is 2.27. The van der Waals surface area contributed by atoms with Crippen molar-refractivity contribution in [2.24, 2.45) is 0 Å². The first-order valence-electron chi connectivity index (χ1n) is 9.35. The molecule has 1 aliphatic heterocycles. The molecule has 0 unspecified atom stereocenters. The molecule has 26 heavy (non-hydrogen) atoms. The predicted molar refractivity (Wildman–Crippen MR) is 102 cm³/mol. The van der Waals surface area contributed by atoms with Crippen LogP contribution in [-0.2, 0) is 6.42 Å². The van der Waals surface area contributed by atoms with E-state index >= 15 is 0 Å². The first kappa shape index (κ1) is 16.8. The van der Waals surface area contributed by atoms with Crippen LogP contribution >= 0.6 is 0 Å². The lowest BCUT2D eigenvalue weighted by Gasteiger charge is -2.32. The number of pyridine rings is 1. The first-order valence-corrected chi connectivity index (χ1v) is 9.35. The third-order valence-corrected chi connectivity index (χ3v) is 5.53. The smallest absolute Gasteiger partial charge is 0.254 e. The third kappa shape index (κ3) is 2.87. The number of amides is 1. The second kappa shape index (κ2) is 6.90. The van der Waals surface area contributed by atoms with Gasteiger partial charge in [0.05, 0.1) is 11.1 Å². The van der Waals surface area contributed by atoms with Crippen LogP contribution in [0.15, 0.2) is 36.5 Å². The molecule has 1 saturated heterocycles. The summed E-state index contributed by atoms with van der Waals surface area (Å²) in [4.78, 5) is 20.1. The fourth-order valence-electron chi connectivity index (χ4n) is 4.02. The van der Waals surface area contributed by atoms with Crippen molar-refractivity contribution in [2.45, 2.75) is 39.0 Å². The lowest BCUT2D eigenvalue weighted by molar-refractivity contribution is 0.0713. The van der Waals surface area contributed by atoms with E-state index in [1.165, 1.54) is 5.69 Å². The number of aryl methyl sites for hydroxylation is 1. The summed E-state index contributed by atoms with van der Waals surface area (Å²) < 4.78 is 0. The van der Waals surface area contributed by atoms with Gasteiger partial charge in [0.15, 0.2) is 0 Å².